The maximum Gasteiger partial charge on any atom is 0.490 e. The van der Waals surface area contributed by atoms with E-state index in [0.717, 1.165) is 37.4 Å². The lowest BCUT2D eigenvalue weighted by Crippen LogP contribution is -2.43. The number of benzene rings is 1. The SMILES string of the molecule is COc1ccc(Cn2nc3n(c(=O)c2=O)CC2(CCN(Cc4cnn(C)c4)C2)C3)cc1.O=C(O)C(F)(F)F. The van der Waals surface area contributed by atoms with Crippen LogP contribution in [0, 0.1) is 5.41 Å². The average molecular weight is 537 g/mol. The number of aromatic nitrogens is 5. The first-order chi connectivity index (χ1) is 17.9. The van der Waals surface area contributed by atoms with Gasteiger partial charge in [-0.05, 0) is 30.7 Å². The van der Waals surface area contributed by atoms with Gasteiger partial charge in [0.1, 0.15) is 11.6 Å². The number of ether oxygens (including phenoxy) is 1. The normalized spacial score (nSPS) is 18.8. The topological polar surface area (TPSA) is 124 Å². The van der Waals surface area contributed by atoms with Gasteiger partial charge in [-0.3, -0.25) is 23.7 Å². The van der Waals surface area contributed by atoms with Gasteiger partial charge in [0.05, 0.1) is 19.9 Å². The molecule has 2 aliphatic rings. The summed E-state index contributed by atoms with van der Waals surface area (Å²) in [5.74, 6) is -1.30. The highest BCUT2D eigenvalue weighted by Gasteiger charge is 2.44. The first-order valence-corrected chi connectivity index (χ1v) is 11.7. The third kappa shape index (κ3) is 5.96. The maximum absolute atomic E-state index is 12.8. The molecule has 0 saturated carbocycles. The average Bonchev–Trinajstić information content (AvgIpc) is 3.56. The number of carboxylic acid groups (broad SMARTS) is 1. The summed E-state index contributed by atoms with van der Waals surface area (Å²) in [6, 6.07) is 7.44. The van der Waals surface area contributed by atoms with Crippen molar-refractivity contribution in [3.8, 4) is 5.75 Å². The van der Waals surface area contributed by atoms with E-state index in [4.69, 9.17) is 14.6 Å². The lowest BCUT2D eigenvalue weighted by atomic mass is 9.86. The standard InChI is InChI=1S/C22H26N6O3.C2HF3O2/c1-25-11-17(10-23-25)12-26-8-7-22(14-26)9-19-24-28(21(30)20(29)27(19)15-22)13-16-3-5-18(31-2)6-4-16;3-2(4,5)1(6)7/h3-6,10-11H,7-9,12-15H2,1-2H3;(H,6,7). The summed E-state index contributed by atoms with van der Waals surface area (Å²) in [5, 5.41) is 16.0. The molecule has 0 bridgehead atoms. The first-order valence-electron chi connectivity index (χ1n) is 11.7. The predicted molar refractivity (Wildman–Crippen MR) is 128 cm³/mol. The fourth-order valence-electron chi connectivity index (χ4n) is 4.86. The summed E-state index contributed by atoms with van der Waals surface area (Å²) in [5.41, 5.74) is 1.01. The summed E-state index contributed by atoms with van der Waals surface area (Å²) >= 11 is 0. The Hall–Kier alpha value is -3.94. The second kappa shape index (κ2) is 10.4. The van der Waals surface area contributed by atoms with E-state index in [2.05, 4.69) is 15.1 Å². The van der Waals surface area contributed by atoms with Gasteiger partial charge in [-0.1, -0.05) is 12.1 Å². The molecule has 11 nitrogen and oxygen atoms in total. The Labute approximate surface area is 214 Å². The molecule has 4 heterocycles. The number of rotatable bonds is 5. The summed E-state index contributed by atoms with van der Waals surface area (Å²) < 4.78 is 41.6. The van der Waals surface area contributed by atoms with Crippen molar-refractivity contribution in [2.45, 2.75) is 38.7 Å². The largest absolute Gasteiger partial charge is 0.497 e. The molecule has 1 fully saturated rings. The minimum Gasteiger partial charge on any atom is -0.497 e. The number of hydrogen-bond acceptors (Lipinski definition) is 7. The molecule has 1 aromatic carbocycles. The summed E-state index contributed by atoms with van der Waals surface area (Å²) in [7, 11) is 3.53. The van der Waals surface area contributed by atoms with E-state index < -0.39 is 23.3 Å². The van der Waals surface area contributed by atoms with Gasteiger partial charge in [0, 0.05) is 50.3 Å². The van der Waals surface area contributed by atoms with Crippen LogP contribution in [-0.2, 0) is 37.9 Å². The lowest BCUT2D eigenvalue weighted by molar-refractivity contribution is -0.192. The monoisotopic (exact) mass is 536 g/mol. The van der Waals surface area contributed by atoms with Crippen molar-refractivity contribution in [1.82, 2.24) is 29.0 Å². The molecule has 38 heavy (non-hydrogen) atoms. The highest BCUT2D eigenvalue weighted by molar-refractivity contribution is 5.73. The molecule has 1 atom stereocenters. The molecule has 1 saturated heterocycles. The van der Waals surface area contributed by atoms with Gasteiger partial charge in [0.15, 0.2) is 0 Å². The van der Waals surface area contributed by atoms with Crippen LogP contribution in [0.25, 0.3) is 0 Å². The van der Waals surface area contributed by atoms with Crippen molar-refractivity contribution < 1.29 is 27.8 Å². The molecule has 1 N–H and O–H groups in total. The van der Waals surface area contributed by atoms with Gasteiger partial charge in [0.2, 0.25) is 0 Å². The highest BCUT2D eigenvalue weighted by atomic mass is 19.4. The number of carboxylic acids is 1. The zero-order valence-corrected chi connectivity index (χ0v) is 20.8. The highest BCUT2D eigenvalue weighted by Crippen LogP contribution is 2.39. The van der Waals surface area contributed by atoms with Crippen LogP contribution in [0.5, 0.6) is 5.75 Å². The van der Waals surface area contributed by atoms with E-state index in [-0.39, 0.29) is 12.0 Å². The molecule has 14 heteroatoms. The number of hydrogen-bond donors (Lipinski definition) is 1. The number of aliphatic carboxylic acids is 1. The van der Waals surface area contributed by atoms with Gasteiger partial charge < -0.3 is 9.84 Å². The van der Waals surface area contributed by atoms with Crippen molar-refractivity contribution in [3.05, 3.63) is 74.3 Å². The molecule has 2 aromatic heterocycles. The Morgan fingerprint density at radius 2 is 1.79 bits per heavy atom. The molecule has 5 rings (SSSR count). The van der Waals surface area contributed by atoms with Crippen molar-refractivity contribution in [3.63, 3.8) is 0 Å². The molecular formula is C24H27F3N6O5. The van der Waals surface area contributed by atoms with Gasteiger partial charge in [-0.25, -0.2) is 9.48 Å². The van der Waals surface area contributed by atoms with Crippen LogP contribution in [0.4, 0.5) is 13.2 Å². The van der Waals surface area contributed by atoms with Crippen LogP contribution >= 0.6 is 0 Å². The molecule has 1 spiro atoms. The molecular weight excluding hydrogens is 509 g/mol. The summed E-state index contributed by atoms with van der Waals surface area (Å²) in [6.07, 6.45) is 0.551. The van der Waals surface area contributed by atoms with Crippen LogP contribution in [-0.4, -0.2) is 66.5 Å². The van der Waals surface area contributed by atoms with Gasteiger partial charge in [-0.2, -0.15) is 23.4 Å². The van der Waals surface area contributed by atoms with Crippen molar-refractivity contribution in [2.24, 2.45) is 12.5 Å². The number of carbonyl (C=O) groups is 1. The Morgan fingerprint density at radius 1 is 1.11 bits per heavy atom. The zero-order chi connectivity index (χ0) is 27.7. The summed E-state index contributed by atoms with van der Waals surface area (Å²) in [6.45, 7) is 3.53. The Kier molecular flexibility index (Phi) is 7.44. The van der Waals surface area contributed by atoms with E-state index in [9.17, 15) is 22.8 Å². The van der Waals surface area contributed by atoms with E-state index in [1.165, 1.54) is 10.2 Å². The van der Waals surface area contributed by atoms with Crippen molar-refractivity contribution in [1.29, 1.82) is 0 Å². The van der Waals surface area contributed by atoms with Crippen molar-refractivity contribution in [2.75, 3.05) is 20.2 Å². The molecule has 1 unspecified atom stereocenters. The Balaban J connectivity index is 0.000000426. The number of methoxy groups -OCH3 is 1. The fraction of sp³-hybridized carbons (Fsp3) is 0.458. The van der Waals surface area contributed by atoms with Crippen LogP contribution in [0.15, 0.2) is 46.2 Å². The number of halogens is 3. The number of aryl methyl sites for hydroxylation is 1. The molecule has 0 amide bonds. The number of likely N-dealkylation sites (tertiary alicyclic amines) is 1. The van der Waals surface area contributed by atoms with Crippen LogP contribution in [0.1, 0.15) is 23.4 Å². The molecule has 3 aromatic rings. The van der Waals surface area contributed by atoms with Crippen LogP contribution in [0.2, 0.25) is 0 Å². The van der Waals surface area contributed by atoms with E-state index in [0.29, 0.717) is 18.8 Å². The number of fused-ring (bicyclic) bond motifs is 1. The molecule has 0 aliphatic carbocycles. The second-order valence-corrected chi connectivity index (χ2v) is 9.58. The minimum absolute atomic E-state index is 0.0346. The molecule has 2 aliphatic heterocycles. The third-order valence-corrected chi connectivity index (χ3v) is 6.65. The van der Waals surface area contributed by atoms with Crippen molar-refractivity contribution >= 4 is 5.97 Å². The maximum atomic E-state index is 12.8. The zero-order valence-electron chi connectivity index (χ0n) is 20.8. The second-order valence-electron chi connectivity index (χ2n) is 9.58. The number of alkyl halides is 3. The Bertz CT molecular complexity index is 1430. The van der Waals surface area contributed by atoms with E-state index in [1.54, 1.807) is 11.7 Å². The van der Waals surface area contributed by atoms with Crippen LogP contribution < -0.4 is 15.9 Å². The predicted octanol–water partition coefficient (Wildman–Crippen LogP) is 1.28. The van der Waals surface area contributed by atoms with Gasteiger partial charge in [-0.15, -0.1) is 0 Å². The van der Waals surface area contributed by atoms with E-state index >= 15 is 0 Å². The Morgan fingerprint density at radius 3 is 2.37 bits per heavy atom. The lowest BCUT2D eigenvalue weighted by Gasteiger charge is -2.22. The minimum atomic E-state index is -5.08. The number of nitrogens with zero attached hydrogens (tertiary/aromatic N) is 6. The first kappa shape index (κ1) is 27.1. The quantitative estimate of drug-likeness (QED) is 0.484. The van der Waals surface area contributed by atoms with E-state index in [1.807, 2.05) is 48.4 Å². The smallest absolute Gasteiger partial charge is 0.490 e. The summed E-state index contributed by atoms with van der Waals surface area (Å²) in [4.78, 5) is 36.8. The molecule has 204 valence electrons. The fourth-order valence-corrected chi connectivity index (χ4v) is 4.86. The van der Waals surface area contributed by atoms with Crippen LogP contribution in [0.3, 0.4) is 0 Å². The van der Waals surface area contributed by atoms with Gasteiger partial charge >= 0.3 is 23.3 Å². The third-order valence-electron chi connectivity index (χ3n) is 6.65. The molecule has 0 radical (unpaired) electrons. The van der Waals surface area contributed by atoms with Gasteiger partial charge in [0.25, 0.3) is 0 Å².